The van der Waals surface area contributed by atoms with Gasteiger partial charge in [-0.1, -0.05) is 170 Å². The van der Waals surface area contributed by atoms with E-state index in [9.17, 15) is 0 Å². The highest BCUT2D eigenvalue weighted by molar-refractivity contribution is 5.87. The van der Waals surface area contributed by atoms with E-state index in [1.54, 1.807) is 0 Å². The third kappa shape index (κ3) is 6.67. The van der Waals surface area contributed by atoms with Gasteiger partial charge < -0.3 is 0 Å². The van der Waals surface area contributed by atoms with Crippen molar-refractivity contribution in [2.75, 3.05) is 0 Å². The molecule has 0 saturated heterocycles. The first-order valence-corrected chi connectivity index (χ1v) is 17.8. The van der Waals surface area contributed by atoms with Crippen molar-refractivity contribution in [2.45, 2.75) is 0 Å². The van der Waals surface area contributed by atoms with E-state index in [1.807, 2.05) is 140 Å². The van der Waals surface area contributed by atoms with Gasteiger partial charge in [0, 0.05) is 50.7 Å². The third-order valence-corrected chi connectivity index (χ3v) is 9.19. The maximum atomic E-state index is 5.47. The van der Waals surface area contributed by atoms with Gasteiger partial charge >= 0.3 is 0 Å². The summed E-state index contributed by atoms with van der Waals surface area (Å²) in [7, 11) is 0. The number of benzene rings is 6. The smallest absolute Gasteiger partial charge is 0.164 e. The van der Waals surface area contributed by atoms with Crippen LogP contribution in [0.2, 0.25) is 0 Å². The molecule has 9 aromatic rings. The molecule has 54 heavy (non-hydrogen) atoms. The van der Waals surface area contributed by atoms with Gasteiger partial charge in [-0.3, -0.25) is 4.98 Å². The van der Waals surface area contributed by atoms with Crippen LogP contribution in [0.25, 0.3) is 90.5 Å². The minimum atomic E-state index is 0.572. The molecule has 0 unspecified atom stereocenters. The van der Waals surface area contributed by atoms with Crippen molar-refractivity contribution < 1.29 is 0 Å². The zero-order chi connectivity index (χ0) is 36.1. The third-order valence-electron chi connectivity index (χ3n) is 9.19. The summed E-state index contributed by atoms with van der Waals surface area (Å²) in [4.78, 5) is 30.6. The Morgan fingerprint density at radius 2 is 0.611 bits per heavy atom. The van der Waals surface area contributed by atoms with Gasteiger partial charge in [0.1, 0.15) is 0 Å². The Labute approximate surface area is 313 Å². The Morgan fingerprint density at radius 1 is 0.241 bits per heavy atom. The van der Waals surface area contributed by atoms with E-state index in [-0.39, 0.29) is 0 Å². The van der Waals surface area contributed by atoms with Gasteiger partial charge in [-0.15, -0.1) is 0 Å². The molecule has 0 aliphatic heterocycles. The molecule has 0 saturated carbocycles. The quantitative estimate of drug-likeness (QED) is 0.158. The maximum Gasteiger partial charge on any atom is 0.164 e. The number of nitrogens with zero attached hydrogens (tertiary/aromatic N) is 6. The Bertz CT molecular complexity index is 2610. The van der Waals surface area contributed by atoms with Gasteiger partial charge in [-0.2, -0.15) is 0 Å². The summed E-state index contributed by atoms with van der Waals surface area (Å²) >= 11 is 0. The SMILES string of the molecule is c1ccc(-c2ccc(-c3nc(-c4ccccc4)c(-c4cccc(-c5nc(-c6ccccc6)nc(-c6ccccc6)n5)c4)nc3-c3ccccc3)cn2)cc1. The minimum absolute atomic E-state index is 0.572. The van der Waals surface area contributed by atoms with Crippen LogP contribution in [0.3, 0.4) is 0 Å². The van der Waals surface area contributed by atoms with Crippen LogP contribution >= 0.6 is 0 Å². The first-order chi connectivity index (χ1) is 26.8. The van der Waals surface area contributed by atoms with Crippen molar-refractivity contribution in [3.8, 4) is 90.5 Å². The largest absolute Gasteiger partial charge is 0.256 e. The molecule has 254 valence electrons. The van der Waals surface area contributed by atoms with Crippen molar-refractivity contribution in [3.05, 3.63) is 194 Å². The Morgan fingerprint density at radius 3 is 1.07 bits per heavy atom. The van der Waals surface area contributed by atoms with Crippen LogP contribution in [0.4, 0.5) is 0 Å². The summed E-state index contributed by atoms with van der Waals surface area (Å²) in [5.41, 5.74) is 11.4. The van der Waals surface area contributed by atoms with Crippen LogP contribution < -0.4 is 0 Å². The van der Waals surface area contributed by atoms with E-state index in [0.717, 1.165) is 73.0 Å². The second-order valence-corrected chi connectivity index (χ2v) is 12.8. The fourth-order valence-corrected chi connectivity index (χ4v) is 6.49. The summed E-state index contributed by atoms with van der Waals surface area (Å²) in [5.74, 6) is 1.79. The van der Waals surface area contributed by atoms with Gasteiger partial charge in [0.05, 0.1) is 28.5 Å². The van der Waals surface area contributed by atoms with E-state index in [1.165, 1.54) is 0 Å². The molecule has 0 radical (unpaired) electrons. The average Bonchev–Trinajstić information content (AvgIpc) is 3.27. The molecule has 0 amide bonds. The Balaban J connectivity index is 1.23. The molecule has 6 nitrogen and oxygen atoms in total. The summed E-state index contributed by atoms with van der Waals surface area (Å²) in [6.07, 6.45) is 1.89. The number of rotatable bonds is 8. The second-order valence-electron chi connectivity index (χ2n) is 12.8. The van der Waals surface area contributed by atoms with Gasteiger partial charge in [0.25, 0.3) is 0 Å². The lowest BCUT2D eigenvalue weighted by Crippen LogP contribution is -2.02. The molecule has 0 aliphatic rings. The molecule has 3 aromatic heterocycles. The zero-order valence-electron chi connectivity index (χ0n) is 29.2. The van der Waals surface area contributed by atoms with Crippen molar-refractivity contribution in [1.29, 1.82) is 0 Å². The molecule has 0 fully saturated rings. The van der Waals surface area contributed by atoms with Gasteiger partial charge in [-0.05, 0) is 18.2 Å². The van der Waals surface area contributed by atoms with E-state index >= 15 is 0 Å². The molecule has 0 atom stereocenters. The number of pyridine rings is 1. The molecule has 0 aliphatic carbocycles. The summed E-state index contributed by atoms with van der Waals surface area (Å²) in [5, 5.41) is 0. The molecule has 3 heterocycles. The average molecular weight is 693 g/mol. The van der Waals surface area contributed by atoms with Crippen LogP contribution in [0.1, 0.15) is 0 Å². The van der Waals surface area contributed by atoms with Crippen molar-refractivity contribution in [1.82, 2.24) is 29.9 Å². The Hall–Kier alpha value is -7.44. The fourth-order valence-electron chi connectivity index (χ4n) is 6.49. The van der Waals surface area contributed by atoms with Crippen molar-refractivity contribution >= 4 is 0 Å². The topological polar surface area (TPSA) is 77.3 Å². The fraction of sp³-hybridized carbons (Fsp3) is 0. The molecule has 9 rings (SSSR count). The number of hydrogen-bond acceptors (Lipinski definition) is 6. The zero-order valence-corrected chi connectivity index (χ0v) is 29.2. The van der Waals surface area contributed by atoms with Gasteiger partial charge in [0.2, 0.25) is 0 Å². The highest BCUT2D eigenvalue weighted by Crippen LogP contribution is 2.38. The number of aromatic nitrogens is 6. The molecule has 6 heteroatoms. The van der Waals surface area contributed by atoms with Crippen molar-refractivity contribution in [2.24, 2.45) is 0 Å². The Kier molecular flexibility index (Phi) is 8.81. The van der Waals surface area contributed by atoms with E-state index in [4.69, 9.17) is 29.9 Å². The van der Waals surface area contributed by atoms with E-state index < -0.39 is 0 Å². The molecule has 0 spiro atoms. The summed E-state index contributed by atoms with van der Waals surface area (Å²) in [6, 6.07) is 63.0. The summed E-state index contributed by atoms with van der Waals surface area (Å²) < 4.78 is 0. The lowest BCUT2D eigenvalue weighted by atomic mass is 9.98. The summed E-state index contributed by atoms with van der Waals surface area (Å²) in [6.45, 7) is 0. The minimum Gasteiger partial charge on any atom is -0.256 e. The predicted molar refractivity (Wildman–Crippen MR) is 217 cm³/mol. The van der Waals surface area contributed by atoms with Crippen LogP contribution in [0, 0.1) is 0 Å². The lowest BCUT2D eigenvalue weighted by molar-refractivity contribution is 1.07. The first-order valence-electron chi connectivity index (χ1n) is 17.8. The molecular formula is C48H32N6. The molecule has 0 N–H and O–H groups in total. The van der Waals surface area contributed by atoms with Gasteiger partial charge in [0.15, 0.2) is 17.5 Å². The lowest BCUT2D eigenvalue weighted by Gasteiger charge is -2.16. The van der Waals surface area contributed by atoms with Crippen LogP contribution in [0.15, 0.2) is 194 Å². The van der Waals surface area contributed by atoms with Crippen LogP contribution in [-0.2, 0) is 0 Å². The molecule has 0 bridgehead atoms. The van der Waals surface area contributed by atoms with Crippen LogP contribution in [-0.4, -0.2) is 29.9 Å². The first kappa shape index (κ1) is 32.5. The second kappa shape index (κ2) is 14.7. The normalized spacial score (nSPS) is 11.0. The van der Waals surface area contributed by atoms with E-state index in [2.05, 4.69) is 54.6 Å². The van der Waals surface area contributed by atoms with E-state index in [0.29, 0.717) is 17.5 Å². The van der Waals surface area contributed by atoms with Crippen molar-refractivity contribution in [3.63, 3.8) is 0 Å². The monoisotopic (exact) mass is 692 g/mol. The van der Waals surface area contributed by atoms with Crippen LogP contribution in [0.5, 0.6) is 0 Å². The maximum absolute atomic E-state index is 5.47. The molecule has 6 aromatic carbocycles. The highest BCUT2D eigenvalue weighted by atomic mass is 15.0. The molecular weight excluding hydrogens is 661 g/mol. The standard InChI is InChI=1S/C48H32N6/c1-6-17-33(18-7-1)41-30-29-40(32-49-41)45-43(35-21-10-3-11-22-35)50-44(42(51-45)34-19-8-2-9-20-34)38-27-16-28-39(31-38)48-53-46(36-23-12-4-13-24-36)52-47(54-48)37-25-14-5-15-26-37/h1-32H. The highest BCUT2D eigenvalue weighted by Gasteiger charge is 2.21. The van der Waals surface area contributed by atoms with Gasteiger partial charge in [-0.25, -0.2) is 24.9 Å². The number of hydrogen-bond donors (Lipinski definition) is 0. The predicted octanol–water partition coefficient (Wildman–Crippen LogP) is 11.4.